The van der Waals surface area contributed by atoms with Crippen molar-refractivity contribution in [2.45, 2.75) is 36.7 Å². The van der Waals surface area contributed by atoms with Crippen LogP contribution < -0.4 is 10.5 Å². The average molecular weight is 273 g/mol. The van der Waals surface area contributed by atoms with Gasteiger partial charge in [-0.25, -0.2) is 13.1 Å². The first-order chi connectivity index (χ1) is 8.45. The van der Waals surface area contributed by atoms with Crippen LogP contribution in [-0.4, -0.2) is 32.2 Å². The van der Waals surface area contributed by atoms with Crippen molar-refractivity contribution in [1.29, 1.82) is 0 Å². The third kappa shape index (κ3) is 2.92. The van der Waals surface area contributed by atoms with Crippen molar-refractivity contribution in [3.8, 4) is 0 Å². The molecule has 1 saturated heterocycles. The first-order valence-corrected chi connectivity index (χ1v) is 7.43. The van der Waals surface area contributed by atoms with Crippen molar-refractivity contribution in [3.05, 3.63) is 18.0 Å². The molecule has 18 heavy (non-hydrogen) atoms. The topological polar surface area (TPSA) is 97.2 Å². The maximum absolute atomic E-state index is 12.2. The Morgan fingerprint density at radius 2 is 2.17 bits per heavy atom. The highest BCUT2D eigenvalue weighted by atomic mass is 32.2. The van der Waals surface area contributed by atoms with Crippen molar-refractivity contribution in [1.82, 2.24) is 9.71 Å². The quantitative estimate of drug-likeness (QED) is 0.736. The Morgan fingerprint density at radius 1 is 1.50 bits per heavy atom. The Morgan fingerprint density at radius 3 is 2.72 bits per heavy atom. The summed E-state index contributed by atoms with van der Waals surface area (Å²) in [7, 11) is -3.50. The molecule has 1 aliphatic heterocycles. The van der Waals surface area contributed by atoms with E-state index in [0.29, 0.717) is 38.3 Å². The number of hydrogen-bond donors (Lipinski definition) is 3. The smallest absolute Gasteiger partial charge is 0.242 e. The van der Waals surface area contributed by atoms with Crippen LogP contribution in [0.4, 0.5) is 0 Å². The summed E-state index contributed by atoms with van der Waals surface area (Å²) in [5.41, 5.74) is 5.72. The zero-order valence-electron chi connectivity index (χ0n) is 10.4. The number of nitrogens with two attached hydrogens (primary N) is 1. The van der Waals surface area contributed by atoms with Gasteiger partial charge in [-0.15, -0.1) is 0 Å². The minimum absolute atomic E-state index is 0.232. The van der Waals surface area contributed by atoms with Crippen LogP contribution >= 0.6 is 0 Å². The molecule has 0 radical (unpaired) electrons. The van der Waals surface area contributed by atoms with Crippen LogP contribution in [0, 0.1) is 0 Å². The Hall–Kier alpha value is -0.890. The second-order valence-corrected chi connectivity index (χ2v) is 6.53. The predicted octanol–water partition coefficient (Wildman–Crippen LogP) is 0.321. The molecule has 1 aliphatic rings. The molecule has 0 saturated carbocycles. The highest BCUT2D eigenvalue weighted by Gasteiger charge is 2.32. The number of hydrogen-bond acceptors (Lipinski definition) is 4. The molecule has 0 aromatic carbocycles. The van der Waals surface area contributed by atoms with E-state index >= 15 is 0 Å². The molecule has 0 spiro atoms. The minimum Gasteiger partial charge on any atom is -0.381 e. The Balaban J connectivity index is 2.16. The lowest BCUT2D eigenvalue weighted by atomic mass is 9.94. The summed E-state index contributed by atoms with van der Waals surface area (Å²) in [5, 5.41) is 0. The highest BCUT2D eigenvalue weighted by molar-refractivity contribution is 7.89. The number of sulfonamides is 1. The van der Waals surface area contributed by atoms with Crippen LogP contribution in [0.1, 0.15) is 25.5 Å². The van der Waals surface area contributed by atoms with Gasteiger partial charge in [-0.2, -0.15) is 0 Å². The molecule has 0 aliphatic carbocycles. The summed E-state index contributed by atoms with van der Waals surface area (Å²) >= 11 is 0. The van der Waals surface area contributed by atoms with E-state index in [0.717, 1.165) is 0 Å². The molecule has 0 amide bonds. The molecule has 0 unspecified atom stereocenters. The molecule has 2 rings (SSSR count). The number of nitrogens with one attached hydrogen (secondary N) is 2. The summed E-state index contributed by atoms with van der Waals surface area (Å²) in [6.07, 6.45) is 2.83. The van der Waals surface area contributed by atoms with Gasteiger partial charge < -0.3 is 15.5 Å². The fraction of sp³-hybridized carbons (Fsp3) is 0.636. The van der Waals surface area contributed by atoms with Crippen molar-refractivity contribution in [3.63, 3.8) is 0 Å². The maximum atomic E-state index is 12.2. The normalized spacial score (nSPS) is 19.9. The Kier molecular flexibility index (Phi) is 3.76. The summed E-state index contributed by atoms with van der Waals surface area (Å²) < 4.78 is 32.5. The van der Waals surface area contributed by atoms with Crippen LogP contribution in [0.3, 0.4) is 0 Å². The number of aromatic amines is 1. The summed E-state index contributed by atoms with van der Waals surface area (Å²) in [6.45, 7) is 3.37. The van der Waals surface area contributed by atoms with Gasteiger partial charge in [0.25, 0.3) is 0 Å². The molecule has 6 nitrogen and oxygen atoms in total. The van der Waals surface area contributed by atoms with Crippen molar-refractivity contribution in [2.75, 3.05) is 13.2 Å². The molecule has 2 heterocycles. The fourth-order valence-electron chi connectivity index (χ4n) is 2.00. The maximum Gasteiger partial charge on any atom is 0.242 e. The summed E-state index contributed by atoms with van der Waals surface area (Å²) in [4.78, 5) is 3.07. The third-order valence-corrected chi connectivity index (χ3v) is 4.84. The van der Waals surface area contributed by atoms with Gasteiger partial charge in [-0.3, -0.25) is 0 Å². The van der Waals surface area contributed by atoms with E-state index in [9.17, 15) is 8.42 Å². The summed E-state index contributed by atoms with van der Waals surface area (Å²) in [6, 6.07) is 1.56. The zero-order chi connectivity index (χ0) is 13.2. The number of ether oxygens (including phenoxy) is 1. The molecule has 1 aromatic rings. The van der Waals surface area contributed by atoms with Crippen LogP contribution in [0.5, 0.6) is 0 Å². The lowest BCUT2D eigenvalue weighted by molar-refractivity contribution is 0.0537. The van der Waals surface area contributed by atoms with Crippen molar-refractivity contribution in [2.24, 2.45) is 5.73 Å². The van der Waals surface area contributed by atoms with Crippen LogP contribution in [0.2, 0.25) is 0 Å². The second-order valence-electron chi connectivity index (χ2n) is 4.84. The third-order valence-electron chi connectivity index (χ3n) is 3.22. The van der Waals surface area contributed by atoms with E-state index in [-0.39, 0.29) is 4.90 Å². The Labute approximate surface area is 107 Å². The first-order valence-electron chi connectivity index (χ1n) is 5.94. The molecule has 0 bridgehead atoms. The second kappa shape index (κ2) is 5.00. The van der Waals surface area contributed by atoms with E-state index in [4.69, 9.17) is 10.5 Å². The average Bonchev–Trinajstić information content (AvgIpc) is 2.77. The molecular formula is C11H19N3O3S. The lowest BCUT2D eigenvalue weighted by Gasteiger charge is -2.33. The molecule has 102 valence electrons. The lowest BCUT2D eigenvalue weighted by Crippen LogP contribution is -2.49. The van der Waals surface area contributed by atoms with Crippen molar-refractivity contribution >= 4 is 10.0 Å². The molecular weight excluding hydrogens is 254 g/mol. The number of aromatic nitrogens is 1. The molecule has 1 fully saturated rings. The van der Waals surface area contributed by atoms with Gasteiger partial charge in [0.1, 0.15) is 0 Å². The molecule has 7 heteroatoms. The van der Waals surface area contributed by atoms with Gasteiger partial charge in [0, 0.05) is 37.2 Å². The van der Waals surface area contributed by atoms with Gasteiger partial charge in [0.05, 0.1) is 4.90 Å². The van der Waals surface area contributed by atoms with Gasteiger partial charge in [-0.05, 0) is 25.8 Å². The number of H-pyrrole nitrogens is 1. The van der Waals surface area contributed by atoms with Gasteiger partial charge in [-0.1, -0.05) is 0 Å². The van der Waals surface area contributed by atoms with E-state index in [1.54, 1.807) is 6.07 Å². The standard InChI is InChI=1S/C11H19N3O3S/c1-11(2-4-17-5-3-11)14-18(15,16)10-6-9(7-12)13-8-10/h6,8,13-14H,2-5,7,12H2,1H3. The minimum atomic E-state index is -3.50. The van der Waals surface area contributed by atoms with E-state index in [1.807, 2.05) is 6.92 Å². The highest BCUT2D eigenvalue weighted by Crippen LogP contribution is 2.23. The largest absolute Gasteiger partial charge is 0.381 e. The Bertz CT molecular complexity index is 503. The van der Waals surface area contributed by atoms with Crippen LogP contribution in [0.25, 0.3) is 0 Å². The van der Waals surface area contributed by atoms with Gasteiger partial charge >= 0.3 is 0 Å². The monoisotopic (exact) mass is 273 g/mol. The van der Waals surface area contributed by atoms with E-state index in [2.05, 4.69) is 9.71 Å². The molecule has 0 atom stereocenters. The molecule has 4 N–H and O–H groups in total. The predicted molar refractivity (Wildman–Crippen MR) is 67.5 cm³/mol. The fourth-order valence-corrected chi connectivity index (χ4v) is 3.48. The number of rotatable bonds is 4. The summed E-state index contributed by atoms with van der Waals surface area (Å²) in [5.74, 6) is 0. The van der Waals surface area contributed by atoms with Crippen molar-refractivity contribution < 1.29 is 13.2 Å². The van der Waals surface area contributed by atoms with Gasteiger partial charge in [0.2, 0.25) is 10.0 Å². The first kappa shape index (κ1) is 13.5. The zero-order valence-corrected chi connectivity index (χ0v) is 11.2. The van der Waals surface area contributed by atoms with E-state index in [1.165, 1.54) is 6.20 Å². The van der Waals surface area contributed by atoms with Crippen LogP contribution in [0.15, 0.2) is 17.2 Å². The SMILES string of the molecule is CC1(NS(=O)(=O)c2c[nH]c(CN)c2)CCOCC1. The molecule has 1 aromatic heterocycles. The van der Waals surface area contributed by atoms with E-state index < -0.39 is 15.6 Å². The van der Waals surface area contributed by atoms with Crippen LogP contribution in [-0.2, 0) is 21.3 Å². The van der Waals surface area contributed by atoms with Gasteiger partial charge in [0.15, 0.2) is 0 Å².